The highest BCUT2D eigenvalue weighted by Crippen LogP contribution is 2.58. The summed E-state index contributed by atoms with van der Waals surface area (Å²) < 4.78 is 7.83. The number of epoxide rings is 1. The number of hydrogen-bond acceptors (Lipinski definition) is 5. The minimum absolute atomic E-state index is 0.00823. The highest BCUT2D eigenvalue weighted by molar-refractivity contribution is 7.18. The van der Waals surface area contributed by atoms with Crippen LogP contribution in [-0.2, 0) is 14.3 Å². The maximum Gasteiger partial charge on any atom is 0.220 e. The van der Waals surface area contributed by atoms with Gasteiger partial charge in [0.05, 0.1) is 32.5 Å². The summed E-state index contributed by atoms with van der Waals surface area (Å²) in [5.41, 5.74) is 1.21. The van der Waals surface area contributed by atoms with Gasteiger partial charge in [-0.1, -0.05) is 59.4 Å². The molecule has 0 bridgehead atoms. The van der Waals surface area contributed by atoms with Crippen molar-refractivity contribution >= 4 is 33.2 Å². The van der Waals surface area contributed by atoms with Gasteiger partial charge in [0.1, 0.15) is 5.78 Å². The fourth-order valence-corrected chi connectivity index (χ4v) is 6.97. The number of carbonyl (C=O) groups is 2. The minimum atomic E-state index is -0.485. The van der Waals surface area contributed by atoms with E-state index in [1.54, 1.807) is 11.3 Å². The van der Waals surface area contributed by atoms with E-state index in [-0.39, 0.29) is 28.9 Å². The average Bonchev–Trinajstić information content (AvgIpc) is 3.21. The Balaban J connectivity index is 1.65. The number of ether oxygens (including phenoxy) is 1. The van der Waals surface area contributed by atoms with E-state index in [1.165, 1.54) is 4.70 Å². The van der Waals surface area contributed by atoms with Crippen LogP contribution in [0.3, 0.4) is 0 Å². The van der Waals surface area contributed by atoms with Gasteiger partial charge in [0.15, 0.2) is 0 Å². The molecule has 37 heavy (non-hydrogen) atoms. The Labute approximate surface area is 227 Å². The molecule has 204 valence electrons. The lowest BCUT2D eigenvalue weighted by Gasteiger charge is -2.28. The number of aromatic nitrogens is 1. The number of unbranched alkanes of at least 4 members (excludes halogenated alkanes) is 1. The lowest BCUT2D eigenvalue weighted by Crippen LogP contribution is -2.36. The predicted octanol–water partition coefficient (Wildman–Crippen LogP) is 7.85. The van der Waals surface area contributed by atoms with Gasteiger partial charge in [0.2, 0.25) is 5.91 Å². The first-order valence-electron chi connectivity index (χ1n) is 14.4. The zero-order chi connectivity index (χ0) is 26.8. The van der Waals surface area contributed by atoms with Crippen LogP contribution in [0.2, 0.25) is 0 Å². The van der Waals surface area contributed by atoms with Gasteiger partial charge in [-0.3, -0.25) is 9.59 Å². The van der Waals surface area contributed by atoms with Crippen molar-refractivity contribution in [2.24, 2.45) is 11.3 Å². The monoisotopic (exact) mass is 526 g/mol. The molecule has 0 radical (unpaired) electrons. The summed E-state index contributed by atoms with van der Waals surface area (Å²) in [6.07, 6.45) is 9.71. The molecule has 1 amide bonds. The van der Waals surface area contributed by atoms with Gasteiger partial charge in [-0.2, -0.15) is 0 Å². The van der Waals surface area contributed by atoms with Crippen LogP contribution in [0.25, 0.3) is 10.2 Å². The summed E-state index contributed by atoms with van der Waals surface area (Å²) in [7, 11) is 0. The Hall–Kier alpha value is -1.79. The molecule has 6 heteroatoms. The first-order valence-corrected chi connectivity index (χ1v) is 15.2. The van der Waals surface area contributed by atoms with E-state index in [0.717, 1.165) is 67.5 Å². The van der Waals surface area contributed by atoms with Crippen LogP contribution in [0.4, 0.5) is 0 Å². The molecule has 1 aromatic carbocycles. The molecule has 4 rings (SSSR count). The number of nitrogens with zero attached hydrogens (tertiary/aromatic N) is 1. The van der Waals surface area contributed by atoms with Gasteiger partial charge < -0.3 is 10.1 Å². The van der Waals surface area contributed by atoms with Crippen molar-refractivity contribution in [1.29, 1.82) is 0 Å². The molecule has 1 aromatic heterocycles. The van der Waals surface area contributed by atoms with E-state index in [2.05, 4.69) is 44.3 Å². The highest BCUT2D eigenvalue weighted by atomic mass is 32.1. The number of thiazole rings is 1. The fourth-order valence-electron chi connectivity index (χ4n) is 6.16. The second-order valence-electron chi connectivity index (χ2n) is 12.6. The second kappa shape index (κ2) is 11.1. The molecule has 2 saturated heterocycles. The SMILES string of the molecule is CCCCC12CC(c3ccc4sc(C)nc4c3)NC(=O)CCC(C)(C)C(=O)CCC(C)CCCC1(C)O2. The van der Waals surface area contributed by atoms with Crippen molar-refractivity contribution in [2.75, 3.05) is 0 Å². The number of nitrogens with one attached hydrogen (secondary N) is 1. The fraction of sp³-hybridized carbons (Fsp3) is 0.710. The van der Waals surface area contributed by atoms with Crippen LogP contribution < -0.4 is 5.32 Å². The summed E-state index contributed by atoms with van der Waals surface area (Å²) in [5, 5.41) is 4.42. The van der Waals surface area contributed by atoms with Crippen molar-refractivity contribution in [1.82, 2.24) is 10.3 Å². The molecule has 0 aliphatic carbocycles. The largest absolute Gasteiger partial charge is 0.363 e. The first-order chi connectivity index (χ1) is 17.5. The molecular weight excluding hydrogens is 480 g/mol. The van der Waals surface area contributed by atoms with Crippen molar-refractivity contribution < 1.29 is 14.3 Å². The van der Waals surface area contributed by atoms with E-state index in [0.29, 0.717) is 25.2 Å². The molecule has 1 N–H and O–H groups in total. The van der Waals surface area contributed by atoms with E-state index < -0.39 is 5.41 Å². The Morgan fingerprint density at radius 2 is 1.92 bits per heavy atom. The quantitative estimate of drug-likeness (QED) is 0.412. The maximum absolute atomic E-state index is 13.3. The molecule has 2 aliphatic heterocycles. The molecule has 2 aromatic rings. The number of carbonyl (C=O) groups excluding carboxylic acids is 2. The molecule has 0 saturated carbocycles. The number of fused-ring (bicyclic) bond motifs is 2. The number of benzene rings is 1. The van der Waals surface area contributed by atoms with Crippen molar-refractivity contribution in [3.8, 4) is 0 Å². The Bertz CT molecular complexity index is 1120. The number of hydrogen-bond donors (Lipinski definition) is 1. The van der Waals surface area contributed by atoms with E-state index >= 15 is 0 Å². The van der Waals surface area contributed by atoms with Crippen LogP contribution >= 0.6 is 11.3 Å². The summed E-state index contributed by atoms with van der Waals surface area (Å²) >= 11 is 1.70. The number of ketones is 1. The summed E-state index contributed by atoms with van der Waals surface area (Å²) in [6, 6.07) is 6.27. The predicted molar refractivity (Wildman–Crippen MR) is 152 cm³/mol. The lowest BCUT2D eigenvalue weighted by atomic mass is 9.78. The second-order valence-corrected chi connectivity index (χ2v) is 13.8. The van der Waals surface area contributed by atoms with Crippen LogP contribution in [-0.4, -0.2) is 27.9 Å². The van der Waals surface area contributed by atoms with Crippen molar-refractivity contribution in [2.45, 2.75) is 129 Å². The summed E-state index contributed by atoms with van der Waals surface area (Å²) in [5.74, 6) is 0.800. The standard InChI is InChI=1S/C31H46N2O3S/c1-7-8-17-31-20-25(23-12-13-26-24(19-23)32-22(3)37-26)33-28(35)15-18-29(4,5)27(34)14-11-21(2)10-9-16-30(31,6)36-31/h12-13,19,21,25H,7-11,14-18,20H2,1-6H3,(H,33,35). The first kappa shape index (κ1) is 28.2. The van der Waals surface area contributed by atoms with E-state index in [4.69, 9.17) is 9.72 Å². The number of Topliss-reactive ketones (excluding diaryl/α,β-unsaturated/α-hetero) is 1. The lowest BCUT2D eigenvalue weighted by molar-refractivity contribution is -0.128. The number of rotatable bonds is 4. The van der Waals surface area contributed by atoms with E-state index in [9.17, 15) is 9.59 Å². The maximum atomic E-state index is 13.3. The van der Waals surface area contributed by atoms with Crippen LogP contribution in [0.5, 0.6) is 0 Å². The minimum Gasteiger partial charge on any atom is -0.363 e. The molecule has 3 heterocycles. The molecule has 2 fully saturated rings. The molecule has 4 unspecified atom stereocenters. The topological polar surface area (TPSA) is 71.6 Å². The smallest absolute Gasteiger partial charge is 0.220 e. The van der Waals surface area contributed by atoms with Crippen LogP contribution in [0, 0.1) is 18.3 Å². The number of amides is 1. The zero-order valence-corrected chi connectivity index (χ0v) is 24.6. The molecule has 2 aliphatic rings. The zero-order valence-electron chi connectivity index (χ0n) is 23.7. The van der Waals surface area contributed by atoms with Gasteiger partial charge in [0, 0.05) is 24.7 Å². The summed E-state index contributed by atoms with van der Waals surface area (Å²) in [4.78, 5) is 31.0. The highest BCUT2D eigenvalue weighted by Gasteiger charge is 2.65. The van der Waals surface area contributed by atoms with Crippen LogP contribution in [0.1, 0.15) is 122 Å². The third kappa shape index (κ3) is 6.44. The third-order valence-corrected chi connectivity index (χ3v) is 9.97. The molecule has 0 spiro atoms. The Kier molecular flexibility index (Phi) is 8.49. The molecular formula is C31H46N2O3S. The Morgan fingerprint density at radius 3 is 2.68 bits per heavy atom. The summed E-state index contributed by atoms with van der Waals surface area (Å²) in [6.45, 7) is 12.8. The van der Waals surface area contributed by atoms with Crippen molar-refractivity contribution in [3.05, 3.63) is 28.8 Å². The Morgan fingerprint density at radius 1 is 1.14 bits per heavy atom. The molecule has 4 atom stereocenters. The van der Waals surface area contributed by atoms with Gasteiger partial charge >= 0.3 is 0 Å². The van der Waals surface area contributed by atoms with Gasteiger partial charge in [-0.15, -0.1) is 11.3 Å². The van der Waals surface area contributed by atoms with Gasteiger partial charge in [0.25, 0.3) is 0 Å². The average molecular weight is 527 g/mol. The normalized spacial score (nSPS) is 31.6. The van der Waals surface area contributed by atoms with Gasteiger partial charge in [-0.25, -0.2) is 4.98 Å². The van der Waals surface area contributed by atoms with Crippen molar-refractivity contribution in [3.63, 3.8) is 0 Å². The van der Waals surface area contributed by atoms with E-state index in [1.807, 2.05) is 20.8 Å². The third-order valence-electron chi connectivity index (χ3n) is 9.01. The molecule has 5 nitrogen and oxygen atoms in total. The van der Waals surface area contributed by atoms with Gasteiger partial charge in [-0.05, 0) is 63.1 Å². The number of aryl methyl sites for hydroxylation is 1. The van der Waals surface area contributed by atoms with Crippen LogP contribution in [0.15, 0.2) is 18.2 Å².